The summed E-state index contributed by atoms with van der Waals surface area (Å²) in [6.07, 6.45) is 0. The van der Waals surface area contributed by atoms with E-state index in [0.29, 0.717) is 29.0 Å². The van der Waals surface area contributed by atoms with Gasteiger partial charge in [0.2, 0.25) is 0 Å². The second-order valence-corrected chi connectivity index (χ2v) is 9.11. The van der Waals surface area contributed by atoms with Gasteiger partial charge in [-0.15, -0.1) is 0 Å². The molecule has 1 N–H and O–H groups in total. The number of nitrogens with one attached hydrogen (secondary N) is 1. The van der Waals surface area contributed by atoms with Crippen LogP contribution in [-0.4, -0.2) is 25.7 Å². The highest BCUT2D eigenvalue weighted by Crippen LogP contribution is 2.30. The van der Waals surface area contributed by atoms with E-state index < -0.39 is 17.5 Å². The minimum atomic E-state index is -0.845. The number of nitrogens with zero attached hydrogens (tertiary/aromatic N) is 3. The zero-order valence-corrected chi connectivity index (χ0v) is 21.5. The van der Waals surface area contributed by atoms with Crippen LogP contribution >= 0.6 is 0 Å². The third-order valence-electron chi connectivity index (χ3n) is 6.58. The molecule has 6 aromatic rings. The average molecular weight is 539 g/mol. The Balaban J connectivity index is 1.28. The minimum absolute atomic E-state index is 0.159. The van der Waals surface area contributed by atoms with Crippen molar-refractivity contribution in [2.24, 2.45) is 0 Å². The number of hydrogen-bond acceptors (Lipinski definition) is 9. The van der Waals surface area contributed by atoms with Crippen molar-refractivity contribution in [2.45, 2.75) is 27.0 Å². The number of esters is 1. The van der Waals surface area contributed by atoms with Crippen molar-refractivity contribution < 1.29 is 22.9 Å². The lowest BCUT2D eigenvalue weighted by Gasteiger charge is -2.12. The van der Waals surface area contributed by atoms with Crippen LogP contribution in [0.15, 0.2) is 89.7 Å². The molecular weight excluding hydrogens is 516 g/mol. The predicted octanol–water partition coefficient (Wildman–Crippen LogP) is 4.61. The number of para-hydroxylation sites is 1. The van der Waals surface area contributed by atoms with Crippen LogP contribution in [0.2, 0.25) is 0 Å². The van der Waals surface area contributed by atoms with Gasteiger partial charge in [0, 0.05) is 12.1 Å². The fourth-order valence-electron chi connectivity index (χ4n) is 4.63. The maximum Gasteiger partial charge on any atom is 0.519 e. The number of ether oxygens (including phenoxy) is 1. The van der Waals surface area contributed by atoms with E-state index in [1.54, 1.807) is 19.1 Å². The van der Waals surface area contributed by atoms with Crippen LogP contribution in [0.4, 0.5) is 0 Å². The van der Waals surface area contributed by atoms with Gasteiger partial charge in [0.1, 0.15) is 5.82 Å². The van der Waals surface area contributed by atoms with Crippen LogP contribution in [0.5, 0.6) is 0 Å². The van der Waals surface area contributed by atoms with E-state index in [4.69, 9.17) is 13.6 Å². The number of aryl methyl sites for hydroxylation is 2. The van der Waals surface area contributed by atoms with Gasteiger partial charge in [-0.3, -0.25) is 9.51 Å². The molecule has 200 valence electrons. The van der Waals surface area contributed by atoms with Gasteiger partial charge in [-0.25, -0.2) is 19.4 Å². The van der Waals surface area contributed by atoms with E-state index in [0.717, 1.165) is 28.1 Å². The fourth-order valence-corrected chi connectivity index (χ4v) is 4.63. The predicted molar refractivity (Wildman–Crippen MR) is 143 cm³/mol. The summed E-state index contributed by atoms with van der Waals surface area (Å²) >= 11 is 0. The Morgan fingerprint density at radius 2 is 1.73 bits per heavy atom. The standard InChI is InChI=1S/C29H22N4O7/c1-16-24(39-29(36)38-16)15-37-27(34)22-8-5-9-23-25(22)33(17(2)30-23)14-18-10-12-19(13-11-18)20-6-3-4-7-21(20)26-31-28(35)40-32-26/h3-13H,14-15H2,1-2H3,(H,31,32,35). The Bertz CT molecular complexity index is 1970. The second kappa shape index (κ2) is 10.0. The summed E-state index contributed by atoms with van der Waals surface area (Å²) in [6, 6.07) is 20.8. The summed E-state index contributed by atoms with van der Waals surface area (Å²) in [5.74, 6) is -0.528. The summed E-state index contributed by atoms with van der Waals surface area (Å²) in [6.45, 7) is 3.67. The van der Waals surface area contributed by atoms with E-state index in [1.165, 1.54) is 0 Å². The number of fused-ring (bicyclic) bond motifs is 1. The van der Waals surface area contributed by atoms with E-state index in [2.05, 4.69) is 19.6 Å². The molecule has 3 aromatic heterocycles. The number of aromatic amines is 1. The molecule has 3 aromatic carbocycles. The number of rotatable bonds is 7. The molecule has 0 aliphatic carbocycles. The SMILES string of the molecule is Cc1oc(=O)oc1COC(=O)c1cccc2nc(C)n(Cc3ccc(-c4ccccc4-c4noc(=O)[nH]4)cc3)c12. The van der Waals surface area contributed by atoms with Gasteiger partial charge in [0.25, 0.3) is 0 Å². The summed E-state index contributed by atoms with van der Waals surface area (Å²) in [4.78, 5) is 43.1. The lowest BCUT2D eigenvalue weighted by molar-refractivity contribution is 0.0444. The van der Waals surface area contributed by atoms with Gasteiger partial charge in [0.05, 0.1) is 16.6 Å². The first-order valence-corrected chi connectivity index (χ1v) is 12.3. The fraction of sp³-hybridized carbons (Fsp3) is 0.138. The first-order chi connectivity index (χ1) is 19.4. The third kappa shape index (κ3) is 4.64. The monoisotopic (exact) mass is 538 g/mol. The topological polar surface area (TPSA) is 146 Å². The van der Waals surface area contributed by atoms with Gasteiger partial charge in [-0.1, -0.05) is 59.8 Å². The maximum absolute atomic E-state index is 13.1. The molecule has 0 fully saturated rings. The summed E-state index contributed by atoms with van der Waals surface area (Å²) < 4.78 is 21.8. The molecule has 0 unspecified atom stereocenters. The average Bonchev–Trinajstić information content (AvgIpc) is 3.63. The molecule has 0 bridgehead atoms. The molecule has 0 aliphatic rings. The Morgan fingerprint density at radius 3 is 2.42 bits per heavy atom. The van der Waals surface area contributed by atoms with Crippen molar-refractivity contribution >= 4 is 17.0 Å². The molecule has 0 saturated heterocycles. The van der Waals surface area contributed by atoms with Gasteiger partial charge in [0.15, 0.2) is 24.0 Å². The summed E-state index contributed by atoms with van der Waals surface area (Å²) in [5, 5.41) is 3.82. The van der Waals surface area contributed by atoms with E-state index in [1.807, 2.05) is 66.1 Å². The lowest BCUT2D eigenvalue weighted by atomic mass is 9.98. The lowest BCUT2D eigenvalue weighted by Crippen LogP contribution is -2.10. The highest BCUT2D eigenvalue weighted by molar-refractivity contribution is 6.02. The van der Waals surface area contributed by atoms with E-state index in [9.17, 15) is 14.4 Å². The first-order valence-electron chi connectivity index (χ1n) is 12.3. The molecule has 0 spiro atoms. The normalized spacial score (nSPS) is 11.2. The second-order valence-electron chi connectivity index (χ2n) is 9.11. The number of carbonyl (C=O) groups is 1. The molecule has 11 heteroatoms. The minimum Gasteiger partial charge on any atom is -0.454 e. The highest BCUT2D eigenvalue weighted by atomic mass is 16.6. The Kier molecular flexibility index (Phi) is 6.23. The molecule has 11 nitrogen and oxygen atoms in total. The van der Waals surface area contributed by atoms with Crippen molar-refractivity contribution in [3.8, 4) is 22.5 Å². The quantitative estimate of drug-likeness (QED) is 0.288. The van der Waals surface area contributed by atoms with Gasteiger partial charge in [-0.05, 0) is 42.7 Å². The van der Waals surface area contributed by atoms with Crippen LogP contribution in [-0.2, 0) is 17.9 Å². The molecule has 0 aliphatic heterocycles. The number of benzene rings is 3. The number of aromatic nitrogens is 4. The molecule has 0 radical (unpaired) electrons. The van der Waals surface area contributed by atoms with Crippen molar-refractivity contribution in [2.75, 3.05) is 0 Å². The maximum atomic E-state index is 13.1. The number of carbonyl (C=O) groups excluding carboxylic acids is 1. The van der Waals surface area contributed by atoms with Crippen LogP contribution in [0.25, 0.3) is 33.5 Å². The number of imidazole rings is 1. The zero-order chi connectivity index (χ0) is 27.8. The number of H-pyrrole nitrogens is 1. The van der Waals surface area contributed by atoms with Crippen molar-refractivity contribution in [3.05, 3.63) is 116 Å². The van der Waals surface area contributed by atoms with Gasteiger partial charge < -0.3 is 18.1 Å². The highest BCUT2D eigenvalue weighted by Gasteiger charge is 2.20. The molecule has 3 heterocycles. The van der Waals surface area contributed by atoms with E-state index in [-0.39, 0.29) is 18.1 Å². The molecule has 6 rings (SSSR count). The van der Waals surface area contributed by atoms with Crippen molar-refractivity contribution in [1.82, 2.24) is 19.7 Å². The van der Waals surface area contributed by atoms with Crippen molar-refractivity contribution in [3.63, 3.8) is 0 Å². The summed E-state index contributed by atoms with van der Waals surface area (Å²) in [5.41, 5.74) is 5.18. The Hall–Kier alpha value is -5.45. The molecular formula is C29H22N4O7. The summed E-state index contributed by atoms with van der Waals surface area (Å²) in [7, 11) is 0. The van der Waals surface area contributed by atoms with Crippen LogP contribution in [0, 0.1) is 13.8 Å². The smallest absolute Gasteiger partial charge is 0.454 e. The molecule has 0 atom stereocenters. The van der Waals surface area contributed by atoms with Gasteiger partial charge >= 0.3 is 17.5 Å². The molecule has 0 saturated carbocycles. The van der Waals surface area contributed by atoms with E-state index >= 15 is 0 Å². The van der Waals surface area contributed by atoms with Crippen LogP contribution < -0.4 is 11.6 Å². The van der Waals surface area contributed by atoms with Crippen LogP contribution in [0.3, 0.4) is 0 Å². The van der Waals surface area contributed by atoms with Crippen LogP contribution in [0.1, 0.15) is 33.3 Å². The van der Waals surface area contributed by atoms with Crippen molar-refractivity contribution in [1.29, 1.82) is 0 Å². The number of hydrogen-bond donors (Lipinski definition) is 1. The van der Waals surface area contributed by atoms with Gasteiger partial charge in [-0.2, -0.15) is 0 Å². The molecule has 40 heavy (non-hydrogen) atoms. The third-order valence-corrected chi connectivity index (χ3v) is 6.58. The first kappa shape index (κ1) is 24.9. The Morgan fingerprint density at radius 1 is 0.950 bits per heavy atom. The zero-order valence-electron chi connectivity index (χ0n) is 21.5. The largest absolute Gasteiger partial charge is 0.519 e. The Labute approximate surface area is 225 Å². The molecule has 0 amide bonds.